The van der Waals surface area contributed by atoms with E-state index >= 15 is 0 Å². The van der Waals surface area contributed by atoms with Gasteiger partial charge in [0.2, 0.25) is 0 Å². The lowest BCUT2D eigenvalue weighted by atomic mass is 10.1. The number of rotatable bonds is 4. The molecule has 7 heteroatoms. The fourth-order valence-corrected chi connectivity index (χ4v) is 4.01. The quantitative estimate of drug-likeness (QED) is 0.616. The Kier molecular flexibility index (Phi) is 4.42. The molecular formula is C14H11Br2N3OS. The molecule has 2 aromatic heterocycles. The standard InChI is InChI=1S/C14H11Br2N3OS/c1-8-18-14(20-19-8)10-4-2-3-5-12(10)17-7-9-6-11(15)13(16)21-9/h2-6,17H,7H2,1H3. The molecule has 0 saturated heterocycles. The Bertz CT molecular complexity index is 750. The van der Waals surface area contributed by atoms with E-state index in [0.29, 0.717) is 11.7 Å². The van der Waals surface area contributed by atoms with E-state index in [2.05, 4.69) is 53.4 Å². The molecule has 0 unspecified atom stereocenters. The summed E-state index contributed by atoms with van der Waals surface area (Å²) < 4.78 is 7.42. The first-order chi connectivity index (χ1) is 10.1. The molecule has 1 N–H and O–H groups in total. The molecule has 2 heterocycles. The van der Waals surface area contributed by atoms with Crippen LogP contribution in [0, 0.1) is 6.92 Å². The molecule has 0 aliphatic carbocycles. The molecule has 1 aromatic carbocycles. The number of benzene rings is 1. The fourth-order valence-electron chi connectivity index (χ4n) is 1.89. The van der Waals surface area contributed by atoms with Gasteiger partial charge in [0.1, 0.15) is 0 Å². The van der Waals surface area contributed by atoms with E-state index in [4.69, 9.17) is 4.52 Å². The Balaban J connectivity index is 1.82. The van der Waals surface area contributed by atoms with Crippen LogP contribution in [0.5, 0.6) is 0 Å². The van der Waals surface area contributed by atoms with Gasteiger partial charge in [0.25, 0.3) is 5.89 Å². The highest BCUT2D eigenvalue weighted by atomic mass is 79.9. The topological polar surface area (TPSA) is 51.0 Å². The molecule has 0 bridgehead atoms. The van der Waals surface area contributed by atoms with E-state index in [9.17, 15) is 0 Å². The van der Waals surface area contributed by atoms with Gasteiger partial charge in [-0.25, -0.2) is 0 Å². The zero-order valence-corrected chi connectivity index (χ0v) is 15.0. The number of nitrogens with one attached hydrogen (secondary N) is 1. The lowest BCUT2D eigenvalue weighted by molar-refractivity contribution is 0.426. The highest BCUT2D eigenvalue weighted by Crippen LogP contribution is 2.33. The summed E-state index contributed by atoms with van der Waals surface area (Å²) >= 11 is 8.70. The van der Waals surface area contributed by atoms with Crippen LogP contribution in [-0.4, -0.2) is 10.1 Å². The van der Waals surface area contributed by atoms with Crippen molar-refractivity contribution in [1.82, 2.24) is 10.1 Å². The van der Waals surface area contributed by atoms with Gasteiger partial charge in [-0.2, -0.15) is 4.98 Å². The van der Waals surface area contributed by atoms with Crippen molar-refractivity contribution in [3.63, 3.8) is 0 Å². The number of para-hydroxylation sites is 1. The summed E-state index contributed by atoms with van der Waals surface area (Å²) in [5, 5.41) is 7.26. The molecular weight excluding hydrogens is 418 g/mol. The summed E-state index contributed by atoms with van der Waals surface area (Å²) in [7, 11) is 0. The van der Waals surface area contributed by atoms with Crippen LogP contribution in [-0.2, 0) is 6.54 Å². The predicted octanol–water partition coefficient (Wildman–Crippen LogP) is 5.24. The van der Waals surface area contributed by atoms with Gasteiger partial charge in [0.15, 0.2) is 5.82 Å². The van der Waals surface area contributed by atoms with Crippen LogP contribution < -0.4 is 5.32 Å². The molecule has 108 valence electrons. The van der Waals surface area contributed by atoms with Crippen molar-refractivity contribution >= 4 is 48.9 Å². The minimum Gasteiger partial charge on any atom is -0.380 e. The summed E-state index contributed by atoms with van der Waals surface area (Å²) in [6.45, 7) is 2.54. The van der Waals surface area contributed by atoms with Crippen molar-refractivity contribution in [3.8, 4) is 11.5 Å². The lowest BCUT2D eigenvalue weighted by Crippen LogP contribution is -1.99. The molecule has 0 spiro atoms. The van der Waals surface area contributed by atoms with Crippen LogP contribution in [0.25, 0.3) is 11.5 Å². The van der Waals surface area contributed by atoms with Gasteiger partial charge in [0.05, 0.1) is 9.35 Å². The Morgan fingerprint density at radius 3 is 2.76 bits per heavy atom. The Labute approximate surface area is 142 Å². The third kappa shape index (κ3) is 3.36. The predicted molar refractivity (Wildman–Crippen MR) is 91.5 cm³/mol. The van der Waals surface area contributed by atoms with E-state index in [1.54, 1.807) is 11.3 Å². The maximum absolute atomic E-state index is 5.25. The monoisotopic (exact) mass is 427 g/mol. The van der Waals surface area contributed by atoms with Gasteiger partial charge in [-0.3, -0.25) is 0 Å². The molecule has 0 radical (unpaired) electrons. The van der Waals surface area contributed by atoms with E-state index in [-0.39, 0.29) is 0 Å². The van der Waals surface area contributed by atoms with Crippen molar-refractivity contribution in [3.05, 3.63) is 49.3 Å². The Morgan fingerprint density at radius 2 is 2.10 bits per heavy atom. The van der Waals surface area contributed by atoms with Gasteiger partial charge in [-0.15, -0.1) is 11.3 Å². The molecule has 0 aliphatic rings. The van der Waals surface area contributed by atoms with Crippen LogP contribution in [0.2, 0.25) is 0 Å². The SMILES string of the molecule is Cc1noc(-c2ccccc2NCc2cc(Br)c(Br)s2)n1. The first kappa shape index (κ1) is 14.7. The van der Waals surface area contributed by atoms with Crippen molar-refractivity contribution < 1.29 is 4.52 Å². The van der Waals surface area contributed by atoms with Gasteiger partial charge >= 0.3 is 0 Å². The largest absolute Gasteiger partial charge is 0.380 e. The molecule has 0 atom stereocenters. The van der Waals surface area contributed by atoms with E-state index < -0.39 is 0 Å². The molecule has 21 heavy (non-hydrogen) atoms. The second-order valence-electron chi connectivity index (χ2n) is 4.38. The van der Waals surface area contributed by atoms with Crippen LogP contribution in [0.4, 0.5) is 5.69 Å². The maximum Gasteiger partial charge on any atom is 0.260 e. The molecule has 0 amide bonds. The average molecular weight is 429 g/mol. The molecule has 4 nitrogen and oxygen atoms in total. The molecule has 3 rings (SSSR count). The number of hydrogen-bond acceptors (Lipinski definition) is 5. The number of aromatic nitrogens is 2. The minimum atomic E-state index is 0.532. The van der Waals surface area contributed by atoms with Crippen LogP contribution in [0.1, 0.15) is 10.7 Å². The van der Waals surface area contributed by atoms with E-state index in [1.807, 2.05) is 31.2 Å². The first-order valence-corrected chi connectivity index (χ1v) is 8.61. The third-order valence-corrected chi connectivity index (χ3v) is 6.09. The van der Waals surface area contributed by atoms with Crippen LogP contribution in [0.3, 0.4) is 0 Å². The van der Waals surface area contributed by atoms with Gasteiger partial charge in [-0.1, -0.05) is 17.3 Å². The van der Waals surface area contributed by atoms with Gasteiger partial charge in [-0.05, 0) is 57.0 Å². The summed E-state index contributed by atoms with van der Waals surface area (Å²) in [4.78, 5) is 5.51. The number of aryl methyl sites for hydroxylation is 1. The highest BCUT2D eigenvalue weighted by molar-refractivity contribution is 9.13. The molecule has 0 fully saturated rings. The zero-order chi connectivity index (χ0) is 14.8. The third-order valence-electron chi connectivity index (χ3n) is 2.83. The smallest absolute Gasteiger partial charge is 0.260 e. The number of hydrogen-bond donors (Lipinski definition) is 1. The Hall–Kier alpha value is -1.18. The molecule has 0 saturated carbocycles. The first-order valence-electron chi connectivity index (χ1n) is 6.21. The second-order valence-corrected chi connectivity index (χ2v) is 7.69. The molecule has 3 aromatic rings. The number of anilines is 1. The van der Waals surface area contributed by atoms with Crippen LogP contribution in [0.15, 0.2) is 43.1 Å². The van der Waals surface area contributed by atoms with Crippen LogP contribution >= 0.6 is 43.2 Å². The summed E-state index contributed by atoms with van der Waals surface area (Å²) in [6.07, 6.45) is 0. The maximum atomic E-state index is 5.25. The number of thiophene rings is 1. The fraction of sp³-hybridized carbons (Fsp3) is 0.143. The van der Waals surface area contributed by atoms with E-state index in [0.717, 1.165) is 26.1 Å². The normalized spacial score (nSPS) is 10.8. The summed E-state index contributed by atoms with van der Waals surface area (Å²) in [5.41, 5.74) is 1.88. The molecule has 0 aliphatic heterocycles. The van der Waals surface area contributed by atoms with E-state index in [1.165, 1.54) is 4.88 Å². The average Bonchev–Trinajstić information content (AvgIpc) is 3.04. The van der Waals surface area contributed by atoms with Gasteiger partial charge < -0.3 is 9.84 Å². The minimum absolute atomic E-state index is 0.532. The Morgan fingerprint density at radius 1 is 1.29 bits per heavy atom. The van der Waals surface area contributed by atoms with Crippen molar-refractivity contribution in [1.29, 1.82) is 0 Å². The van der Waals surface area contributed by atoms with Crippen molar-refractivity contribution in [2.45, 2.75) is 13.5 Å². The highest BCUT2D eigenvalue weighted by Gasteiger charge is 2.11. The lowest BCUT2D eigenvalue weighted by Gasteiger charge is -2.08. The zero-order valence-electron chi connectivity index (χ0n) is 11.1. The number of halogens is 2. The van der Waals surface area contributed by atoms with Gasteiger partial charge in [0, 0.05) is 21.6 Å². The summed E-state index contributed by atoms with van der Waals surface area (Å²) in [5.74, 6) is 1.16. The van der Waals surface area contributed by atoms with Crippen molar-refractivity contribution in [2.24, 2.45) is 0 Å². The summed E-state index contributed by atoms with van der Waals surface area (Å²) in [6, 6.07) is 10.0. The van der Waals surface area contributed by atoms with Crippen molar-refractivity contribution in [2.75, 3.05) is 5.32 Å². The second kappa shape index (κ2) is 6.29. The number of nitrogens with zero attached hydrogens (tertiary/aromatic N) is 2.